The van der Waals surface area contributed by atoms with Gasteiger partial charge in [-0.2, -0.15) is 0 Å². The SMILES string of the molecule is CN(C)c1cccc(C(=O)N2CCC[C@@H]2c2ccc3c(c2)OCCO3)c1. The lowest BCUT2D eigenvalue weighted by Gasteiger charge is -2.27. The predicted octanol–water partition coefficient (Wildman–Crippen LogP) is 3.50. The maximum absolute atomic E-state index is 13.1. The maximum atomic E-state index is 13.1. The summed E-state index contributed by atoms with van der Waals surface area (Å²) in [6.45, 7) is 1.94. The Morgan fingerprint density at radius 2 is 1.88 bits per heavy atom. The molecule has 0 radical (unpaired) electrons. The fourth-order valence-corrected chi connectivity index (χ4v) is 3.71. The van der Waals surface area contributed by atoms with Crippen LogP contribution in [0.15, 0.2) is 42.5 Å². The van der Waals surface area contributed by atoms with Gasteiger partial charge in [-0.25, -0.2) is 0 Å². The van der Waals surface area contributed by atoms with Crippen LogP contribution < -0.4 is 14.4 Å². The molecule has 0 unspecified atom stereocenters. The third-order valence-corrected chi connectivity index (χ3v) is 5.07. The molecule has 0 aromatic heterocycles. The summed E-state index contributed by atoms with van der Waals surface area (Å²) in [7, 11) is 3.97. The molecule has 2 heterocycles. The molecule has 2 aliphatic heterocycles. The van der Waals surface area contributed by atoms with Gasteiger partial charge in [-0.15, -0.1) is 0 Å². The number of ether oxygens (including phenoxy) is 2. The van der Waals surface area contributed by atoms with Crippen LogP contribution in [-0.2, 0) is 0 Å². The van der Waals surface area contributed by atoms with Crippen LogP contribution >= 0.6 is 0 Å². The molecule has 0 aliphatic carbocycles. The predicted molar refractivity (Wildman–Crippen MR) is 101 cm³/mol. The maximum Gasteiger partial charge on any atom is 0.254 e. The van der Waals surface area contributed by atoms with Gasteiger partial charge in [0.1, 0.15) is 13.2 Å². The number of amides is 1. The second-order valence-corrected chi connectivity index (χ2v) is 7.00. The number of anilines is 1. The summed E-state index contributed by atoms with van der Waals surface area (Å²) in [6.07, 6.45) is 1.98. The van der Waals surface area contributed by atoms with Crippen LogP contribution in [0.2, 0.25) is 0 Å². The summed E-state index contributed by atoms with van der Waals surface area (Å²) in [6, 6.07) is 13.9. The summed E-state index contributed by atoms with van der Waals surface area (Å²) >= 11 is 0. The highest BCUT2D eigenvalue weighted by molar-refractivity contribution is 5.95. The highest BCUT2D eigenvalue weighted by Gasteiger charge is 2.31. The Bertz CT molecular complexity index is 819. The van der Waals surface area contributed by atoms with Crippen molar-refractivity contribution in [1.29, 1.82) is 0 Å². The fourth-order valence-electron chi connectivity index (χ4n) is 3.71. The molecule has 0 bridgehead atoms. The average Bonchev–Trinajstić information content (AvgIpc) is 3.17. The third-order valence-electron chi connectivity index (χ3n) is 5.07. The second kappa shape index (κ2) is 6.90. The molecule has 1 amide bonds. The lowest BCUT2D eigenvalue weighted by Crippen LogP contribution is -2.30. The van der Waals surface area contributed by atoms with E-state index in [1.165, 1.54) is 0 Å². The molecular formula is C21H24N2O3. The number of carbonyl (C=O) groups is 1. The summed E-state index contributed by atoms with van der Waals surface area (Å²) < 4.78 is 11.3. The van der Waals surface area contributed by atoms with E-state index in [1.54, 1.807) is 0 Å². The van der Waals surface area contributed by atoms with E-state index in [0.717, 1.165) is 47.7 Å². The minimum atomic E-state index is 0.0846. The molecule has 26 heavy (non-hydrogen) atoms. The lowest BCUT2D eigenvalue weighted by molar-refractivity contribution is 0.0735. The van der Waals surface area contributed by atoms with E-state index in [9.17, 15) is 4.79 Å². The van der Waals surface area contributed by atoms with Crippen LogP contribution in [0.1, 0.15) is 34.8 Å². The first-order valence-electron chi connectivity index (χ1n) is 9.11. The molecule has 5 heteroatoms. The Hall–Kier alpha value is -2.69. The number of likely N-dealkylation sites (tertiary alicyclic amines) is 1. The van der Waals surface area contributed by atoms with Crippen molar-refractivity contribution >= 4 is 11.6 Å². The van der Waals surface area contributed by atoms with Crippen molar-refractivity contribution in [2.75, 3.05) is 38.8 Å². The Labute approximate surface area is 154 Å². The van der Waals surface area contributed by atoms with Crippen molar-refractivity contribution in [2.24, 2.45) is 0 Å². The minimum Gasteiger partial charge on any atom is -0.486 e. The Balaban J connectivity index is 1.60. The highest BCUT2D eigenvalue weighted by atomic mass is 16.6. The molecule has 1 saturated heterocycles. The molecule has 136 valence electrons. The Morgan fingerprint density at radius 3 is 2.69 bits per heavy atom. The zero-order valence-corrected chi connectivity index (χ0v) is 15.3. The van der Waals surface area contributed by atoms with Gasteiger partial charge in [0.05, 0.1) is 6.04 Å². The van der Waals surface area contributed by atoms with E-state index >= 15 is 0 Å². The van der Waals surface area contributed by atoms with Crippen LogP contribution in [0, 0.1) is 0 Å². The van der Waals surface area contributed by atoms with Gasteiger partial charge in [0, 0.05) is 31.9 Å². The monoisotopic (exact) mass is 352 g/mol. The minimum absolute atomic E-state index is 0.0846. The van der Waals surface area contributed by atoms with Crippen LogP contribution in [0.5, 0.6) is 11.5 Å². The number of fused-ring (bicyclic) bond motifs is 1. The smallest absolute Gasteiger partial charge is 0.254 e. The molecule has 1 fully saturated rings. The first-order valence-corrected chi connectivity index (χ1v) is 9.11. The molecule has 4 rings (SSSR count). The number of hydrogen-bond donors (Lipinski definition) is 0. The normalized spacial score (nSPS) is 18.7. The van der Waals surface area contributed by atoms with Crippen molar-refractivity contribution in [3.63, 3.8) is 0 Å². The van der Waals surface area contributed by atoms with Gasteiger partial charge in [0.25, 0.3) is 5.91 Å². The third kappa shape index (κ3) is 3.09. The quantitative estimate of drug-likeness (QED) is 0.848. The standard InChI is InChI=1S/C21H24N2O3/c1-22(2)17-6-3-5-16(13-17)21(24)23-10-4-7-18(23)15-8-9-19-20(14-15)26-12-11-25-19/h3,5-6,8-9,13-14,18H,4,7,10-12H2,1-2H3/t18-/m1/s1. The van der Waals surface area contributed by atoms with Gasteiger partial charge in [0.2, 0.25) is 0 Å². The lowest BCUT2D eigenvalue weighted by atomic mass is 10.0. The molecular weight excluding hydrogens is 328 g/mol. The molecule has 2 aromatic rings. The van der Waals surface area contributed by atoms with Crippen LogP contribution in [0.4, 0.5) is 5.69 Å². The fraction of sp³-hybridized carbons (Fsp3) is 0.381. The van der Waals surface area contributed by atoms with E-state index in [4.69, 9.17) is 9.47 Å². The summed E-state index contributed by atoms with van der Waals surface area (Å²) in [5, 5.41) is 0. The zero-order chi connectivity index (χ0) is 18.1. The molecule has 0 saturated carbocycles. The molecule has 1 atom stereocenters. The van der Waals surface area contributed by atoms with E-state index in [2.05, 4.69) is 6.07 Å². The number of rotatable bonds is 3. The van der Waals surface area contributed by atoms with Crippen LogP contribution in [0.3, 0.4) is 0 Å². The molecule has 2 aliphatic rings. The summed E-state index contributed by atoms with van der Waals surface area (Å²) in [4.78, 5) is 17.1. The van der Waals surface area contributed by atoms with Crippen molar-refractivity contribution in [1.82, 2.24) is 4.90 Å². The zero-order valence-electron chi connectivity index (χ0n) is 15.3. The van der Waals surface area contributed by atoms with E-state index in [-0.39, 0.29) is 11.9 Å². The van der Waals surface area contributed by atoms with Gasteiger partial charge >= 0.3 is 0 Å². The van der Waals surface area contributed by atoms with Crippen LogP contribution in [-0.4, -0.2) is 44.7 Å². The summed E-state index contributed by atoms with van der Waals surface area (Å²) in [5.41, 5.74) is 2.88. The van der Waals surface area contributed by atoms with Crippen molar-refractivity contribution < 1.29 is 14.3 Å². The second-order valence-electron chi connectivity index (χ2n) is 7.00. The molecule has 0 spiro atoms. The highest BCUT2D eigenvalue weighted by Crippen LogP contribution is 2.38. The van der Waals surface area contributed by atoms with Gasteiger partial charge in [0.15, 0.2) is 11.5 Å². The average molecular weight is 352 g/mol. The Morgan fingerprint density at radius 1 is 1.08 bits per heavy atom. The van der Waals surface area contributed by atoms with E-state index in [0.29, 0.717) is 13.2 Å². The number of nitrogens with zero attached hydrogens (tertiary/aromatic N) is 2. The van der Waals surface area contributed by atoms with Crippen LogP contribution in [0.25, 0.3) is 0 Å². The largest absolute Gasteiger partial charge is 0.486 e. The molecule has 0 N–H and O–H groups in total. The van der Waals surface area contributed by atoms with E-state index in [1.807, 2.05) is 60.3 Å². The van der Waals surface area contributed by atoms with Crippen molar-refractivity contribution in [3.8, 4) is 11.5 Å². The van der Waals surface area contributed by atoms with Gasteiger partial charge < -0.3 is 19.3 Å². The van der Waals surface area contributed by atoms with E-state index < -0.39 is 0 Å². The van der Waals surface area contributed by atoms with Crippen molar-refractivity contribution in [3.05, 3.63) is 53.6 Å². The van der Waals surface area contributed by atoms with Gasteiger partial charge in [-0.05, 0) is 48.7 Å². The van der Waals surface area contributed by atoms with Gasteiger partial charge in [-0.3, -0.25) is 4.79 Å². The summed E-state index contributed by atoms with van der Waals surface area (Å²) in [5.74, 6) is 1.66. The van der Waals surface area contributed by atoms with Crippen molar-refractivity contribution in [2.45, 2.75) is 18.9 Å². The first-order chi connectivity index (χ1) is 12.6. The first kappa shape index (κ1) is 16.8. The Kier molecular flexibility index (Phi) is 4.45. The molecule has 2 aromatic carbocycles. The number of benzene rings is 2. The molecule has 5 nitrogen and oxygen atoms in total. The number of hydrogen-bond acceptors (Lipinski definition) is 4. The topological polar surface area (TPSA) is 42.0 Å². The number of carbonyl (C=O) groups excluding carboxylic acids is 1. The van der Waals surface area contributed by atoms with Gasteiger partial charge in [-0.1, -0.05) is 12.1 Å².